The number of carbonyl (C=O) groups excluding carboxylic acids is 1. The Morgan fingerprint density at radius 2 is 2.14 bits per heavy atom. The Balaban J connectivity index is 1.31. The Bertz CT molecular complexity index is 1560. The summed E-state index contributed by atoms with van der Waals surface area (Å²) >= 11 is 0. The Morgan fingerprint density at radius 3 is 2.84 bits per heavy atom. The van der Waals surface area contributed by atoms with Gasteiger partial charge >= 0.3 is 0 Å². The molecule has 3 atom stereocenters. The van der Waals surface area contributed by atoms with E-state index in [-0.39, 0.29) is 42.1 Å². The molecule has 3 aromatic rings. The molecule has 222 valence electrons. The molecule has 2 radical (unpaired) electrons. The highest BCUT2D eigenvalue weighted by molar-refractivity contribution is 7.21. The standard InChI is InChI=1S/C32H36BFN5O3P/c1-3-21-13-31(14-21,15-29-36-35-20-37(29)2)23-6-4-7-24(12-23)39-18-27-26(30(39)41)10-22(11-28(27)32(33,34)43)16-38-8-5-9-42-25(17-38)19-40/h1,4,6-7,10-12,20-21,25,40H,5,8-9,13-19,43H2,2H3. The van der Waals surface area contributed by atoms with Gasteiger partial charge in [0.2, 0.25) is 0 Å². The number of nitrogens with zero attached hydrogens (tertiary/aromatic N) is 5. The first-order valence-corrected chi connectivity index (χ1v) is 15.3. The van der Waals surface area contributed by atoms with Gasteiger partial charge in [-0.3, -0.25) is 9.69 Å². The van der Waals surface area contributed by atoms with Crippen LogP contribution < -0.4 is 4.90 Å². The Labute approximate surface area is 255 Å². The molecule has 43 heavy (non-hydrogen) atoms. The topological polar surface area (TPSA) is 83.7 Å². The molecule has 2 fully saturated rings. The van der Waals surface area contributed by atoms with Crippen molar-refractivity contribution in [1.29, 1.82) is 0 Å². The van der Waals surface area contributed by atoms with Gasteiger partial charge in [0.05, 0.1) is 19.3 Å². The van der Waals surface area contributed by atoms with Crippen molar-refractivity contribution in [3.05, 3.63) is 76.4 Å². The summed E-state index contributed by atoms with van der Waals surface area (Å²) in [5.74, 6) is 3.77. The fraction of sp³-hybridized carbons (Fsp3) is 0.469. The summed E-state index contributed by atoms with van der Waals surface area (Å²) in [6.45, 7) is 2.55. The molecule has 1 saturated heterocycles. The zero-order chi connectivity index (χ0) is 30.4. The molecule has 1 amide bonds. The summed E-state index contributed by atoms with van der Waals surface area (Å²) in [6, 6.07) is 11.7. The second-order valence-electron chi connectivity index (χ2n) is 12.2. The van der Waals surface area contributed by atoms with Gasteiger partial charge in [-0.2, -0.15) is 0 Å². The summed E-state index contributed by atoms with van der Waals surface area (Å²) in [6.07, 6.45) is 10.4. The maximum absolute atomic E-state index is 15.4. The molecule has 2 aromatic carbocycles. The predicted molar refractivity (Wildman–Crippen MR) is 166 cm³/mol. The molecule has 6 rings (SSSR count). The molecule has 8 nitrogen and oxygen atoms in total. The van der Waals surface area contributed by atoms with Crippen molar-refractivity contribution in [2.45, 2.75) is 55.6 Å². The highest BCUT2D eigenvalue weighted by Crippen LogP contribution is 2.50. The van der Waals surface area contributed by atoms with E-state index in [4.69, 9.17) is 19.0 Å². The lowest BCUT2D eigenvalue weighted by molar-refractivity contribution is 0.0129. The Hall–Kier alpha value is -3.09. The van der Waals surface area contributed by atoms with E-state index in [1.54, 1.807) is 17.3 Å². The first-order valence-electron chi connectivity index (χ1n) is 14.7. The summed E-state index contributed by atoms with van der Waals surface area (Å²) in [5, 5.41) is 15.8. The SMILES string of the molecule is [B]C(F)(P)c1cc(CN2CCCOC(CO)C2)cc2c1CN(c1cccc(C3(Cc4nncn4C)CC(C#C)C3)c1)C2=O. The Morgan fingerprint density at radius 1 is 1.33 bits per heavy atom. The molecule has 3 heterocycles. The van der Waals surface area contributed by atoms with Gasteiger partial charge in [0.1, 0.15) is 25.3 Å². The lowest BCUT2D eigenvalue weighted by atomic mass is 9.57. The number of hydrogen-bond donors (Lipinski definition) is 1. The lowest BCUT2D eigenvalue weighted by Gasteiger charge is -2.46. The molecular formula is C32H36BFN5O3P. The molecule has 1 aliphatic carbocycles. The number of ether oxygens (including phenoxy) is 1. The van der Waals surface area contributed by atoms with Gasteiger partial charge in [-0.15, -0.1) is 31.8 Å². The summed E-state index contributed by atoms with van der Waals surface area (Å²) in [7, 11) is 10.0. The average molecular weight is 599 g/mol. The predicted octanol–water partition coefficient (Wildman–Crippen LogP) is 3.21. The Kier molecular flexibility index (Phi) is 8.21. The second-order valence-corrected chi connectivity index (χ2v) is 13.1. The largest absolute Gasteiger partial charge is 0.394 e. The third kappa shape index (κ3) is 5.89. The number of aryl methyl sites for hydroxylation is 1. The van der Waals surface area contributed by atoms with E-state index in [2.05, 4.69) is 42.4 Å². The van der Waals surface area contributed by atoms with E-state index >= 15 is 4.39 Å². The molecule has 1 saturated carbocycles. The van der Waals surface area contributed by atoms with E-state index in [1.165, 1.54) is 0 Å². The molecule has 1 N–H and O–H groups in total. The normalized spacial score (nSPS) is 25.5. The van der Waals surface area contributed by atoms with E-state index in [1.807, 2.05) is 29.8 Å². The number of amides is 1. The van der Waals surface area contributed by atoms with Crippen LogP contribution in [0.3, 0.4) is 0 Å². The van der Waals surface area contributed by atoms with Crippen LogP contribution in [0.4, 0.5) is 10.1 Å². The van der Waals surface area contributed by atoms with Crippen molar-refractivity contribution in [3.8, 4) is 12.3 Å². The molecule has 3 aliphatic rings. The van der Waals surface area contributed by atoms with Gasteiger partial charge < -0.3 is 19.3 Å². The number of halogens is 1. The first kappa shape index (κ1) is 30.0. The van der Waals surface area contributed by atoms with Crippen LogP contribution in [0.5, 0.6) is 0 Å². The van der Waals surface area contributed by atoms with Crippen molar-refractivity contribution in [3.63, 3.8) is 0 Å². The van der Waals surface area contributed by atoms with Crippen molar-refractivity contribution < 1.29 is 19.0 Å². The smallest absolute Gasteiger partial charge is 0.258 e. The lowest BCUT2D eigenvalue weighted by Crippen LogP contribution is -2.43. The minimum absolute atomic E-state index is 0.0658. The minimum Gasteiger partial charge on any atom is -0.394 e. The molecular weight excluding hydrogens is 563 g/mol. The number of anilines is 1. The fourth-order valence-corrected chi connectivity index (χ4v) is 7.11. The zero-order valence-electron chi connectivity index (χ0n) is 24.4. The number of aromatic nitrogens is 3. The van der Waals surface area contributed by atoms with Crippen molar-refractivity contribution in [2.24, 2.45) is 13.0 Å². The highest BCUT2D eigenvalue weighted by Gasteiger charge is 2.46. The second kappa shape index (κ2) is 11.8. The number of aliphatic hydroxyl groups is 1. The number of aliphatic hydroxyl groups excluding tert-OH is 1. The number of hydrogen-bond acceptors (Lipinski definition) is 6. The molecule has 0 spiro atoms. The minimum atomic E-state index is -2.20. The molecule has 1 aromatic heterocycles. The van der Waals surface area contributed by atoms with E-state index in [9.17, 15) is 9.90 Å². The molecule has 11 heteroatoms. The van der Waals surface area contributed by atoms with Crippen LogP contribution in [0.25, 0.3) is 0 Å². The number of terminal acetylenes is 1. The summed E-state index contributed by atoms with van der Waals surface area (Å²) in [4.78, 5) is 17.8. The third-order valence-electron chi connectivity index (χ3n) is 9.14. The van der Waals surface area contributed by atoms with Crippen LogP contribution in [0, 0.1) is 18.3 Å². The van der Waals surface area contributed by atoms with Crippen LogP contribution in [0.1, 0.15) is 57.7 Å². The number of fused-ring (bicyclic) bond motifs is 1. The van der Waals surface area contributed by atoms with E-state index in [0.29, 0.717) is 37.2 Å². The fourth-order valence-electron chi connectivity index (χ4n) is 6.85. The van der Waals surface area contributed by atoms with E-state index in [0.717, 1.165) is 48.4 Å². The molecule has 3 unspecified atom stereocenters. The van der Waals surface area contributed by atoms with Crippen LogP contribution in [0.15, 0.2) is 42.7 Å². The maximum atomic E-state index is 15.4. The van der Waals surface area contributed by atoms with Gasteiger partial charge in [0.25, 0.3) is 5.91 Å². The molecule has 0 bridgehead atoms. The van der Waals surface area contributed by atoms with Crippen molar-refractivity contribution in [2.75, 3.05) is 31.2 Å². The van der Waals surface area contributed by atoms with Gasteiger partial charge in [-0.25, -0.2) is 4.39 Å². The number of carbonyl (C=O) groups is 1. The number of benzene rings is 2. The first-order chi connectivity index (χ1) is 20.6. The quantitative estimate of drug-likeness (QED) is 0.244. The number of rotatable bonds is 8. The van der Waals surface area contributed by atoms with Crippen molar-refractivity contribution >= 4 is 28.7 Å². The summed E-state index contributed by atoms with van der Waals surface area (Å²) < 4.78 is 23.1. The van der Waals surface area contributed by atoms with E-state index < -0.39 is 5.31 Å². The van der Waals surface area contributed by atoms with Gasteiger partial charge in [0, 0.05) is 62.3 Å². The maximum Gasteiger partial charge on any atom is 0.258 e. The van der Waals surface area contributed by atoms with Gasteiger partial charge in [0.15, 0.2) is 0 Å². The van der Waals surface area contributed by atoms with Crippen LogP contribution in [-0.2, 0) is 42.0 Å². The van der Waals surface area contributed by atoms with Crippen LogP contribution >= 0.6 is 9.24 Å². The highest BCUT2D eigenvalue weighted by atomic mass is 31.0. The van der Waals surface area contributed by atoms with Crippen LogP contribution in [-0.4, -0.2) is 70.9 Å². The van der Waals surface area contributed by atoms with Gasteiger partial charge in [-0.1, -0.05) is 18.2 Å². The molecule has 2 aliphatic heterocycles. The average Bonchev–Trinajstić information content (AvgIpc) is 3.43. The number of alkyl halides is 1. The van der Waals surface area contributed by atoms with Crippen molar-refractivity contribution in [1.82, 2.24) is 19.7 Å². The van der Waals surface area contributed by atoms with Gasteiger partial charge in [-0.05, 0) is 59.7 Å². The monoisotopic (exact) mass is 599 g/mol. The summed E-state index contributed by atoms with van der Waals surface area (Å²) in [5.41, 5.74) is 3.76. The van der Waals surface area contributed by atoms with Crippen LogP contribution in [0.2, 0.25) is 0 Å². The zero-order valence-corrected chi connectivity index (χ0v) is 25.5. The third-order valence-corrected chi connectivity index (χ3v) is 9.45.